The van der Waals surface area contributed by atoms with Crippen molar-refractivity contribution < 1.29 is 14.3 Å². The molecule has 0 unspecified atom stereocenters. The summed E-state index contributed by atoms with van der Waals surface area (Å²) in [5.41, 5.74) is 0.989. The third-order valence-electron chi connectivity index (χ3n) is 2.49. The minimum Gasteiger partial charge on any atom is -0.475 e. The molecule has 0 fully saturated rings. The Morgan fingerprint density at radius 1 is 1.32 bits per heavy atom. The van der Waals surface area contributed by atoms with Crippen molar-refractivity contribution in [2.75, 3.05) is 0 Å². The molecule has 0 bridgehead atoms. The molecule has 1 aromatic heterocycles. The van der Waals surface area contributed by atoms with Gasteiger partial charge in [-0.05, 0) is 24.6 Å². The predicted octanol–water partition coefficient (Wildman–Crippen LogP) is 4.30. The van der Waals surface area contributed by atoms with E-state index < -0.39 is 5.97 Å². The standard InChI is InChI=1S/C13H11Cl2NO3/c1-2-3-10-11(13(17)18)19-12(16-10)7-4-8(14)6-9(15)5-7/h4-6H,2-3H2,1H3,(H,17,18). The van der Waals surface area contributed by atoms with Crippen LogP contribution in [0.5, 0.6) is 0 Å². The SMILES string of the molecule is CCCc1nc(-c2cc(Cl)cc(Cl)c2)oc1C(=O)O. The van der Waals surface area contributed by atoms with Crippen molar-refractivity contribution in [3.63, 3.8) is 0 Å². The Balaban J connectivity index is 2.50. The summed E-state index contributed by atoms with van der Waals surface area (Å²) in [5.74, 6) is -1.05. The molecule has 0 saturated heterocycles. The molecule has 1 N–H and O–H groups in total. The van der Waals surface area contributed by atoms with Crippen LogP contribution in [0.2, 0.25) is 10.0 Å². The highest BCUT2D eigenvalue weighted by molar-refractivity contribution is 6.35. The number of hydrogen-bond acceptors (Lipinski definition) is 3. The maximum atomic E-state index is 11.1. The van der Waals surface area contributed by atoms with Crippen LogP contribution in [-0.2, 0) is 6.42 Å². The number of halogens is 2. The fraction of sp³-hybridized carbons (Fsp3) is 0.231. The second kappa shape index (κ2) is 5.63. The van der Waals surface area contributed by atoms with Crippen LogP contribution in [0.3, 0.4) is 0 Å². The summed E-state index contributed by atoms with van der Waals surface area (Å²) in [6.45, 7) is 1.94. The lowest BCUT2D eigenvalue weighted by molar-refractivity contribution is 0.0661. The Labute approximate surface area is 120 Å². The first-order valence-corrected chi connectivity index (χ1v) is 6.46. The van der Waals surface area contributed by atoms with Crippen molar-refractivity contribution in [3.05, 3.63) is 39.7 Å². The Kier molecular flexibility index (Phi) is 4.12. The van der Waals surface area contributed by atoms with Gasteiger partial charge in [0, 0.05) is 15.6 Å². The van der Waals surface area contributed by atoms with Crippen LogP contribution in [0.4, 0.5) is 0 Å². The van der Waals surface area contributed by atoms with Crippen molar-refractivity contribution in [1.82, 2.24) is 4.98 Å². The van der Waals surface area contributed by atoms with E-state index in [1.165, 1.54) is 0 Å². The van der Waals surface area contributed by atoms with Crippen molar-refractivity contribution in [2.45, 2.75) is 19.8 Å². The molecule has 100 valence electrons. The van der Waals surface area contributed by atoms with E-state index in [-0.39, 0.29) is 11.7 Å². The quantitative estimate of drug-likeness (QED) is 0.914. The number of aromatic carboxylic acids is 1. The van der Waals surface area contributed by atoms with Gasteiger partial charge in [-0.1, -0.05) is 36.5 Å². The van der Waals surface area contributed by atoms with E-state index in [0.717, 1.165) is 6.42 Å². The van der Waals surface area contributed by atoms with Crippen LogP contribution in [0.15, 0.2) is 22.6 Å². The highest BCUT2D eigenvalue weighted by atomic mass is 35.5. The summed E-state index contributed by atoms with van der Waals surface area (Å²) < 4.78 is 5.30. The second-order valence-corrected chi connectivity index (χ2v) is 4.88. The smallest absolute Gasteiger partial charge is 0.373 e. The Bertz CT molecular complexity index is 602. The van der Waals surface area contributed by atoms with Gasteiger partial charge in [0.2, 0.25) is 11.7 Å². The molecule has 0 amide bonds. The van der Waals surface area contributed by atoms with Gasteiger partial charge in [0.15, 0.2) is 0 Å². The highest BCUT2D eigenvalue weighted by Gasteiger charge is 2.20. The zero-order valence-electron chi connectivity index (χ0n) is 10.1. The van der Waals surface area contributed by atoms with E-state index in [2.05, 4.69) is 4.98 Å². The third kappa shape index (κ3) is 3.08. The topological polar surface area (TPSA) is 63.3 Å². The number of nitrogens with zero attached hydrogens (tertiary/aromatic N) is 1. The van der Waals surface area contributed by atoms with E-state index in [0.29, 0.717) is 27.7 Å². The summed E-state index contributed by atoms with van der Waals surface area (Å²) in [6, 6.07) is 4.84. The van der Waals surface area contributed by atoms with Gasteiger partial charge in [-0.15, -0.1) is 0 Å². The molecule has 0 saturated carbocycles. The highest BCUT2D eigenvalue weighted by Crippen LogP contribution is 2.28. The van der Waals surface area contributed by atoms with Gasteiger partial charge in [0.25, 0.3) is 0 Å². The van der Waals surface area contributed by atoms with Crippen LogP contribution in [0, 0.1) is 0 Å². The number of hydrogen-bond donors (Lipinski definition) is 1. The number of oxazole rings is 1. The molecule has 1 aromatic carbocycles. The second-order valence-electron chi connectivity index (χ2n) is 4.01. The summed E-state index contributed by atoms with van der Waals surface area (Å²) in [7, 11) is 0. The molecular formula is C13H11Cl2NO3. The summed E-state index contributed by atoms with van der Waals surface area (Å²) >= 11 is 11.8. The van der Waals surface area contributed by atoms with E-state index in [1.54, 1.807) is 18.2 Å². The molecule has 0 aliphatic heterocycles. The molecular weight excluding hydrogens is 289 g/mol. The van der Waals surface area contributed by atoms with E-state index >= 15 is 0 Å². The van der Waals surface area contributed by atoms with E-state index in [1.807, 2.05) is 6.92 Å². The summed E-state index contributed by atoms with van der Waals surface area (Å²) in [4.78, 5) is 15.3. The molecule has 6 heteroatoms. The molecule has 19 heavy (non-hydrogen) atoms. The van der Waals surface area contributed by atoms with Gasteiger partial charge in [-0.25, -0.2) is 9.78 Å². The van der Waals surface area contributed by atoms with Crippen LogP contribution in [-0.4, -0.2) is 16.1 Å². The normalized spacial score (nSPS) is 10.7. The maximum absolute atomic E-state index is 11.1. The average Bonchev–Trinajstić information content (AvgIpc) is 2.72. The fourth-order valence-electron chi connectivity index (χ4n) is 1.73. The zero-order chi connectivity index (χ0) is 14.0. The number of aryl methyl sites for hydroxylation is 1. The maximum Gasteiger partial charge on any atom is 0.373 e. The lowest BCUT2D eigenvalue weighted by Gasteiger charge is -1.97. The molecule has 2 rings (SSSR count). The largest absolute Gasteiger partial charge is 0.475 e. The first-order valence-electron chi connectivity index (χ1n) is 5.70. The predicted molar refractivity (Wildman–Crippen MR) is 72.9 cm³/mol. The molecule has 0 spiro atoms. The Hall–Kier alpha value is -1.52. The van der Waals surface area contributed by atoms with Gasteiger partial charge >= 0.3 is 5.97 Å². The fourth-order valence-corrected chi connectivity index (χ4v) is 2.25. The van der Waals surface area contributed by atoms with E-state index in [9.17, 15) is 4.79 Å². The molecule has 0 aliphatic rings. The van der Waals surface area contributed by atoms with Crippen molar-refractivity contribution in [2.24, 2.45) is 0 Å². The van der Waals surface area contributed by atoms with Gasteiger partial charge in [0.1, 0.15) is 0 Å². The number of carbonyl (C=O) groups is 1. The Morgan fingerprint density at radius 2 is 1.95 bits per heavy atom. The van der Waals surface area contributed by atoms with Crippen LogP contribution >= 0.6 is 23.2 Å². The number of aromatic nitrogens is 1. The molecule has 1 heterocycles. The summed E-state index contributed by atoms with van der Waals surface area (Å²) in [5, 5.41) is 9.95. The van der Waals surface area contributed by atoms with Gasteiger partial charge in [0.05, 0.1) is 5.69 Å². The van der Waals surface area contributed by atoms with Gasteiger partial charge in [-0.2, -0.15) is 0 Å². The monoisotopic (exact) mass is 299 g/mol. The molecule has 2 aromatic rings. The van der Waals surface area contributed by atoms with Crippen LogP contribution in [0.25, 0.3) is 11.5 Å². The van der Waals surface area contributed by atoms with Crippen LogP contribution < -0.4 is 0 Å². The first kappa shape index (κ1) is 13.9. The minimum absolute atomic E-state index is 0.132. The van der Waals surface area contributed by atoms with Gasteiger partial charge < -0.3 is 9.52 Å². The van der Waals surface area contributed by atoms with Crippen molar-refractivity contribution in [1.29, 1.82) is 0 Å². The average molecular weight is 300 g/mol. The number of carboxylic acid groups (broad SMARTS) is 1. The third-order valence-corrected chi connectivity index (χ3v) is 2.92. The van der Waals surface area contributed by atoms with Crippen molar-refractivity contribution >= 4 is 29.2 Å². The molecule has 0 aliphatic carbocycles. The van der Waals surface area contributed by atoms with E-state index in [4.69, 9.17) is 32.7 Å². The lowest BCUT2D eigenvalue weighted by Crippen LogP contribution is -1.99. The lowest BCUT2D eigenvalue weighted by atomic mass is 10.2. The molecule has 0 radical (unpaired) electrons. The zero-order valence-corrected chi connectivity index (χ0v) is 11.6. The number of carboxylic acids is 1. The van der Waals surface area contributed by atoms with Crippen molar-refractivity contribution in [3.8, 4) is 11.5 Å². The van der Waals surface area contributed by atoms with Gasteiger partial charge in [-0.3, -0.25) is 0 Å². The Morgan fingerprint density at radius 3 is 2.47 bits per heavy atom. The number of rotatable bonds is 4. The first-order chi connectivity index (χ1) is 9.01. The van der Waals surface area contributed by atoms with Crippen LogP contribution in [0.1, 0.15) is 29.6 Å². The molecule has 0 atom stereocenters. The minimum atomic E-state index is -1.13. The summed E-state index contributed by atoms with van der Waals surface area (Å²) in [6.07, 6.45) is 1.32. The molecule has 4 nitrogen and oxygen atoms in total. The number of benzene rings is 1.